The molecule has 2 N–H and O–H groups in total. The minimum atomic E-state index is 0.933. The molecule has 0 aromatic carbocycles. The molecule has 0 atom stereocenters. The van der Waals surface area contributed by atoms with Crippen molar-refractivity contribution in [1.29, 1.82) is 0 Å². The van der Waals surface area contributed by atoms with Gasteiger partial charge >= 0.3 is 0 Å². The molecule has 0 unspecified atom stereocenters. The van der Waals surface area contributed by atoms with Crippen LogP contribution in [0, 0.1) is 0 Å². The van der Waals surface area contributed by atoms with E-state index in [9.17, 15) is 0 Å². The van der Waals surface area contributed by atoms with Gasteiger partial charge in [0, 0.05) is 5.70 Å². The van der Waals surface area contributed by atoms with Gasteiger partial charge in [-0.2, -0.15) is 0 Å². The first kappa shape index (κ1) is 28.9. The molecule has 0 amide bonds. The van der Waals surface area contributed by atoms with Crippen LogP contribution in [0.25, 0.3) is 0 Å². The van der Waals surface area contributed by atoms with Crippen molar-refractivity contribution in [2.75, 3.05) is 0 Å². The van der Waals surface area contributed by atoms with Crippen molar-refractivity contribution in [3.8, 4) is 0 Å². The molecule has 0 rings (SSSR count). The van der Waals surface area contributed by atoms with Gasteiger partial charge in [-0.25, -0.2) is 0 Å². The second-order valence-corrected chi connectivity index (χ2v) is 5.19. The molecule has 0 saturated heterocycles. The van der Waals surface area contributed by atoms with Gasteiger partial charge in [-0.05, 0) is 40.5 Å². The van der Waals surface area contributed by atoms with Gasteiger partial charge in [0.2, 0.25) is 0 Å². The molecule has 0 aliphatic rings. The third-order valence-electron chi connectivity index (χ3n) is 2.24. The number of hydrogen-bond donors (Lipinski definition) is 1. The second kappa shape index (κ2) is 24.8. The highest BCUT2D eigenvalue weighted by atomic mass is 14.6. The Labute approximate surface area is 142 Å². The molecule has 132 valence electrons. The molecular weight excluding hydrogens is 266 g/mol. The molecule has 0 heterocycles. The maximum atomic E-state index is 5.62. The summed E-state index contributed by atoms with van der Waals surface area (Å²) < 4.78 is 0. The quantitative estimate of drug-likeness (QED) is 0.411. The minimum Gasteiger partial charge on any atom is -0.402 e. The Bertz CT molecular complexity index is 302. The van der Waals surface area contributed by atoms with E-state index in [4.69, 9.17) is 5.73 Å². The van der Waals surface area contributed by atoms with Crippen LogP contribution in [0.4, 0.5) is 0 Å². The highest BCUT2D eigenvalue weighted by Gasteiger charge is 1.96. The second-order valence-electron chi connectivity index (χ2n) is 5.19. The predicted molar refractivity (Wildman–Crippen MR) is 108 cm³/mol. The largest absolute Gasteiger partial charge is 0.402 e. The summed E-state index contributed by atoms with van der Waals surface area (Å²) in [5.74, 6) is 0. The lowest BCUT2D eigenvalue weighted by Gasteiger charge is -2.05. The normalized spacial score (nSPS) is 10.0. The van der Waals surface area contributed by atoms with Gasteiger partial charge in [0.15, 0.2) is 0 Å². The Hall–Kier alpha value is -1.24. The fourth-order valence-corrected chi connectivity index (χ4v) is 1.24. The fraction of sp³-hybridized carbons (Fsp3) is 0.619. The zero-order valence-corrected chi connectivity index (χ0v) is 17.0. The Morgan fingerprint density at radius 1 is 1.00 bits per heavy atom. The number of nitrogens with two attached hydrogens (primary N) is 1. The van der Waals surface area contributed by atoms with Gasteiger partial charge in [-0.1, -0.05) is 89.5 Å². The van der Waals surface area contributed by atoms with Gasteiger partial charge in [-0.15, -0.1) is 0 Å². The van der Waals surface area contributed by atoms with Crippen LogP contribution in [-0.2, 0) is 0 Å². The molecule has 0 radical (unpaired) electrons. The molecule has 0 spiro atoms. The van der Waals surface area contributed by atoms with E-state index in [1.54, 1.807) is 0 Å². The fourth-order valence-electron chi connectivity index (χ4n) is 1.24. The zero-order chi connectivity index (χ0) is 18.6. The van der Waals surface area contributed by atoms with Crippen LogP contribution < -0.4 is 5.73 Å². The Morgan fingerprint density at radius 3 is 1.59 bits per heavy atom. The van der Waals surface area contributed by atoms with Gasteiger partial charge in [0.05, 0.1) is 0 Å². The Balaban J connectivity index is -0.000000124. The third-order valence-corrected chi connectivity index (χ3v) is 2.24. The van der Waals surface area contributed by atoms with Crippen molar-refractivity contribution in [1.82, 2.24) is 0 Å². The minimum absolute atomic E-state index is 0.933. The predicted octanol–water partition coefficient (Wildman–Crippen LogP) is 7.57. The topological polar surface area (TPSA) is 26.0 Å². The highest BCUT2D eigenvalue weighted by molar-refractivity contribution is 5.14. The van der Waals surface area contributed by atoms with Gasteiger partial charge in [0.1, 0.15) is 0 Å². The SMILES string of the molecule is C=C(C)/C=C\C.C=C(CCC)C/C(C)=C(\C)N.CC.CCC. The van der Waals surface area contributed by atoms with E-state index in [-0.39, 0.29) is 0 Å². The summed E-state index contributed by atoms with van der Waals surface area (Å²) >= 11 is 0. The van der Waals surface area contributed by atoms with E-state index >= 15 is 0 Å². The molecule has 0 aromatic heterocycles. The van der Waals surface area contributed by atoms with Crippen molar-refractivity contribution in [3.63, 3.8) is 0 Å². The first-order valence-corrected chi connectivity index (χ1v) is 8.63. The Kier molecular flexibility index (Phi) is 32.5. The maximum absolute atomic E-state index is 5.62. The molecule has 0 aromatic rings. The van der Waals surface area contributed by atoms with Crippen LogP contribution in [0.1, 0.15) is 88.0 Å². The molecule has 0 bridgehead atoms. The molecule has 0 aliphatic carbocycles. The highest BCUT2D eigenvalue weighted by Crippen LogP contribution is 2.14. The lowest BCUT2D eigenvalue weighted by Crippen LogP contribution is -1.96. The van der Waals surface area contributed by atoms with Crippen LogP contribution >= 0.6 is 0 Å². The number of rotatable bonds is 5. The third kappa shape index (κ3) is 36.3. The average Bonchev–Trinajstić information content (AvgIpc) is 2.42. The van der Waals surface area contributed by atoms with E-state index in [1.807, 2.05) is 46.8 Å². The van der Waals surface area contributed by atoms with Crippen molar-refractivity contribution in [2.24, 2.45) is 5.73 Å². The van der Waals surface area contributed by atoms with Crippen molar-refractivity contribution in [3.05, 3.63) is 47.7 Å². The van der Waals surface area contributed by atoms with Crippen LogP contribution in [-0.4, -0.2) is 0 Å². The van der Waals surface area contributed by atoms with Crippen molar-refractivity contribution in [2.45, 2.75) is 88.0 Å². The molecule has 0 fully saturated rings. The smallest absolute Gasteiger partial charge is 0.00412 e. The lowest BCUT2D eigenvalue weighted by molar-refractivity contribution is 0.865. The molecule has 0 saturated carbocycles. The molecule has 1 heteroatoms. The van der Waals surface area contributed by atoms with Gasteiger partial charge < -0.3 is 5.73 Å². The first-order chi connectivity index (χ1) is 10.3. The first-order valence-electron chi connectivity index (χ1n) is 8.63. The zero-order valence-electron chi connectivity index (χ0n) is 17.0. The summed E-state index contributed by atoms with van der Waals surface area (Å²) in [6, 6.07) is 0. The van der Waals surface area contributed by atoms with E-state index in [0.29, 0.717) is 0 Å². The van der Waals surface area contributed by atoms with Gasteiger partial charge in [-0.3, -0.25) is 0 Å². The van der Waals surface area contributed by atoms with Crippen LogP contribution in [0.2, 0.25) is 0 Å². The molecular formula is C21H43N. The van der Waals surface area contributed by atoms with Crippen molar-refractivity contribution >= 4 is 0 Å². The molecule has 22 heavy (non-hydrogen) atoms. The monoisotopic (exact) mass is 309 g/mol. The summed E-state index contributed by atoms with van der Waals surface area (Å²) in [7, 11) is 0. The molecule has 0 aliphatic heterocycles. The van der Waals surface area contributed by atoms with E-state index < -0.39 is 0 Å². The van der Waals surface area contributed by atoms with E-state index in [0.717, 1.165) is 24.1 Å². The number of hydrogen-bond acceptors (Lipinski definition) is 1. The van der Waals surface area contributed by atoms with Crippen molar-refractivity contribution < 1.29 is 0 Å². The maximum Gasteiger partial charge on any atom is 0.00412 e. The van der Waals surface area contributed by atoms with Crippen LogP contribution in [0.5, 0.6) is 0 Å². The van der Waals surface area contributed by atoms with Gasteiger partial charge in [0.25, 0.3) is 0 Å². The van der Waals surface area contributed by atoms with E-state index in [2.05, 4.69) is 40.9 Å². The lowest BCUT2D eigenvalue weighted by atomic mass is 10.0. The number of allylic oxidation sites excluding steroid dienone is 6. The van der Waals surface area contributed by atoms with E-state index in [1.165, 1.54) is 24.0 Å². The average molecular weight is 310 g/mol. The summed E-state index contributed by atoms with van der Waals surface area (Å²) in [5, 5.41) is 0. The summed E-state index contributed by atoms with van der Waals surface area (Å²) in [6.07, 6.45) is 8.46. The molecule has 1 nitrogen and oxygen atoms in total. The van der Waals surface area contributed by atoms with Crippen LogP contribution in [0.3, 0.4) is 0 Å². The standard InChI is InChI=1S/C10H19N.C6H10.C3H8.C2H6/c1-5-6-8(2)7-9(3)10(4)11;1-4-5-6(2)3;1-3-2;1-2/h2,5-7,11H2,1,3-4H3;4-5H,2H2,1,3H3;3H2,1-2H3;1-2H3/b10-9+;5-4-;;. The summed E-state index contributed by atoms with van der Waals surface area (Å²) in [5.41, 5.74) is 10.2. The summed E-state index contributed by atoms with van der Waals surface area (Å²) in [4.78, 5) is 0. The Morgan fingerprint density at radius 2 is 1.41 bits per heavy atom. The van der Waals surface area contributed by atoms with Crippen LogP contribution in [0.15, 0.2) is 47.7 Å². The summed E-state index contributed by atoms with van der Waals surface area (Å²) in [6.45, 7) is 26.0.